The van der Waals surface area contributed by atoms with Gasteiger partial charge >= 0.3 is 0 Å². The average molecular weight is 528 g/mol. The number of benzene rings is 2. The molecule has 5 nitrogen and oxygen atoms in total. The van der Waals surface area contributed by atoms with Crippen molar-refractivity contribution in [2.45, 2.75) is 58.2 Å². The van der Waals surface area contributed by atoms with E-state index in [1.165, 1.54) is 6.07 Å². The molecular weight excluding hydrogens is 491 g/mol. The van der Waals surface area contributed by atoms with Crippen LogP contribution in [0, 0.1) is 18.7 Å². The van der Waals surface area contributed by atoms with Gasteiger partial charge in [0.1, 0.15) is 12.0 Å². The minimum Gasteiger partial charge on any atom is -0.373 e. The molecule has 2 fully saturated rings. The number of aliphatic hydroxyl groups is 1. The first-order chi connectivity index (χ1) is 18.1. The quantitative estimate of drug-likeness (QED) is 0.335. The predicted octanol–water partition coefficient (Wildman–Crippen LogP) is 6.15. The zero-order valence-electron chi connectivity index (χ0n) is 22.1. The molecule has 0 spiro atoms. The molecule has 1 amide bonds. The van der Waals surface area contributed by atoms with Crippen molar-refractivity contribution in [1.82, 2.24) is 4.90 Å². The highest BCUT2D eigenvalue weighted by molar-refractivity contribution is 5.96. The fraction of sp³-hybridized carbons (Fsp3) is 0.433. The van der Waals surface area contributed by atoms with E-state index < -0.39 is 29.9 Å². The number of allylic oxidation sites excluding steroid dienone is 3. The van der Waals surface area contributed by atoms with Gasteiger partial charge < -0.3 is 20.2 Å². The maximum absolute atomic E-state index is 14.8. The number of likely N-dealkylation sites (tertiary alicyclic amines) is 1. The first kappa shape index (κ1) is 27.8. The molecule has 2 N–H and O–H groups in total. The van der Waals surface area contributed by atoms with Gasteiger partial charge in [-0.1, -0.05) is 42.0 Å². The number of aryl methyl sites for hydroxylation is 1. The van der Waals surface area contributed by atoms with Crippen molar-refractivity contribution in [3.8, 4) is 0 Å². The Bertz CT molecular complexity index is 1190. The van der Waals surface area contributed by atoms with Crippen molar-refractivity contribution in [2.75, 3.05) is 29.9 Å². The van der Waals surface area contributed by atoms with Crippen LogP contribution >= 0.6 is 0 Å². The topological polar surface area (TPSA) is 55.8 Å². The zero-order chi connectivity index (χ0) is 27.4. The molecule has 2 aromatic rings. The predicted molar refractivity (Wildman–Crippen MR) is 145 cm³/mol. The summed E-state index contributed by atoms with van der Waals surface area (Å²) in [7, 11) is 0. The number of rotatable bonds is 7. The Balaban J connectivity index is 1.60. The third-order valence-corrected chi connectivity index (χ3v) is 7.49. The number of halogens is 3. The van der Waals surface area contributed by atoms with Crippen LogP contribution in [0.25, 0.3) is 0 Å². The Hall–Kier alpha value is -3.26. The number of hydrogen-bond acceptors (Lipinski definition) is 4. The lowest BCUT2D eigenvalue weighted by molar-refractivity contribution is 0.0253. The van der Waals surface area contributed by atoms with E-state index in [-0.39, 0.29) is 31.0 Å². The van der Waals surface area contributed by atoms with Crippen molar-refractivity contribution >= 4 is 17.3 Å². The standard InChI is InChI=1S/C30H36F3N3O2/c1-4-5-9-21(3)27-24(13-8-16-36(27)29(38)26-20(2)10-6-14-25(26)31)28(37)34-22-11-7-12-23(18-22)35-17-15-30(32,33)19-35/h4-7,9-12,14,18,24,27-28,34,37H,8,13,15-17,19H2,1-3H3/b5-4-,21-9+/t24?,27-,28+/m0/s1. The molecule has 0 saturated carbocycles. The summed E-state index contributed by atoms with van der Waals surface area (Å²) in [5.74, 6) is -4.04. The second-order valence-electron chi connectivity index (χ2n) is 10.3. The van der Waals surface area contributed by atoms with E-state index >= 15 is 0 Å². The fourth-order valence-electron chi connectivity index (χ4n) is 5.59. The molecule has 0 bridgehead atoms. The van der Waals surface area contributed by atoms with E-state index in [0.29, 0.717) is 36.3 Å². The van der Waals surface area contributed by atoms with Crippen LogP contribution in [0.1, 0.15) is 49.0 Å². The Morgan fingerprint density at radius 2 is 1.97 bits per heavy atom. The van der Waals surface area contributed by atoms with Crippen molar-refractivity contribution in [3.63, 3.8) is 0 Å². The van der Waals surface area contributed by atoms with Crippen LogP contribution in [0.5, 0.6) is 0 Å². The number of piperidine rings is 1. The van der Waals surface area contributed by atoms with Gasteiger partial charge in [-0.05, 0) is 63.4 Å². The molecule has 38 heavy (non-hydrogen) atoms. The van der Waals surface area contributed by atoms with Crippen LogP contribution in [0.3, 0.4) is 0 Å². The molecule has 4 rings (SSSR count). The Kier molecular flexibility index (Phi) is 8.51. The summed E-state index contributed by atoms with van der Waals surface area (Å²) in [6.45, 7) is 5.91. The lowest BCUT2D eigenvalue weighted by atomic mass is 9.82. The van der Waals surface area contributed by atoms with Gasteiger partial charge in [0.15, 0.2) is 0 Å². The minimum atomic E-state index is -2.71. The van der Waals surface area contributed by atoms with Crippen LogP contribution < -0.4 is 10.2 Å². The van der Waals surface area contributed by atoms with Crippen LogP contribution in [-0.4, -0.2) is 53.7 Å². The number of nitrogens with zero attached hydrogens (tertiary/aromatic N) is 2. The lowest BCUT2D eigenvalue weighted by Gasteiger charge is -2.44. The number of anilines is 2. The average Bonchev–Trinajstić information content (AvgIpc) is 3.26. The molecule has 2 aliphatic heterocycles. The van der Waals surface area contributed by atoms with E-state index in [4.69, 9.17) is 0 Å². The van der Waals surface area contributed by atoms with E-state index in [0.717, 1.165) is 5.57 Å². The van der Waals surface area contributed by atoms with E-state index in [9.17, 15) is 23.1 Å². The molecule has 0 aromatic heterocycles. The highest BCUT2D eigenvalue weighted by Crippen LogP contribution is 2.35. The number of amides is 1. The molecule has 204 valence electrons. The van der Waals surface area contributed by atoms with Crippen molar-refractivity contribution in [2.24, 2.45) is 5.92 Å². The van der Waals surface area contributed by atoms with Crippen LogP contribution in [-0.2, 0) is 0 Å². The SMILES string of the molecule is C/C=C\C=C(/C)[C@H]1C([C@@H](O)Nc2cccc(N3CCC(F)(F)C3)c2)CCCN1C(=O)c1c(C)cccc1F. The number of carbonyl (C=O) groups excluding carboxylic acids is 1. The molecule has 0 radical (unpaired) electrons. The van der Waals surface area contributed by atoms with Gasteiger partial charge in [0, 0.05) is 36.8 Å². The monoisotopic (exact) mass is 527 g/mol. The van der Waals surface area contributed by atoms with Crippen LogP contribution in [0.4, 0.5) is 24.5 Å². The second kappa shape index (κ2) is 11.6. The number of nitrogens with one attached hydrogen (secondary N) is 1. The number of hydrogen-bond donors (Lipinski definition) is 2. The number of alkyl halides is 2. The van der Waals surface area contributed by atoms with Gasteiger partial charge in [0.2, 0.25) is 0 Å². The fourth-order valence-corrected chi connectivity index (χ4v) is 5.59. The number of carbonyl (C=O) groups is 1. The molecule has 2 heterocycles. The van der Waals surface area contributed by atoms with E-state index in [1.807, 2.05) is 32.1 Å². The van der Waals surface area contributed by atoms with Gasteiger partial charge in [-0.15, -0.1) is 0 Å². The number of aliphatic hydroxyl groups excluding tert-OH is 1. The van der Waals surface area contributed by atoms with Crippen molar-refractivity contribution in [3.05, 3.63) is 83.2 Å². The van der Waals surface area contributed by atoms with Gasteiger partial charge in [-0.2, -0.15) is 0 Å². The third-order valence-electron chi connectivity index (χ3n) is 7.49. The third kappa shape index (κ3) is 6.07. The van der Waals surface area contributed by atoms with Crippen LogP contribution in [0.2, 0.25) is 0 Å². The van der Waals surface area contributed by atoms with Gasteiger partial charge in [0.25, 0.3) is 11.8 Å². The molecule has 2 saturated heterocycles. The van der Waals surface area contributed by atoms with Crippen molar-refractivity contribution < 1.29 is 23.1 Å². The maximum Gasteiger partial charge on any atom is 0.266 e. The minimum absolute atomic E-state index is 0.0505. The Labute approximate surface area is 222 Å². The molecule has 0 aliphatic carbocycles. The molecule has 2 aliphatic rings. The largest absolute Gasteiger partial charge is 0.373 e. The van der Waals surface area contributed by atoms with Gasteiger partial charge in [0.05, 0.1) is 18.2 Å². The Morgan fingerprint density at radius 3 is 2.66 bits per heavy atom. The summed E-state index contributed by atoms with van der Waals surface area (Å²) < 4.78 is 42.3. The first-order valence-corrected chi connectivity index (χ1v) is 13.1. The summed E-state index contributed by atoms with van der Waals surface area (Å²) in [6, 6.07) is 11.2. The summed E-state index contributed by atoms with van der Waals surface area (Å²) in [4.78, 5) is 17.0. The lowest BCUT2D eigenvalue weighted by Crippen LogP contribution is -2.53. The second-order valence-corrected chi connectivity index (χ2v) is 10.3. The summed E-state index contributed by atoms with van der Waals surface area (Å²) in [5.41, 5.74) is 2.76. The normalized spacial score (nSPS) is 22.7. The smallest absolute Gasteiger partial charge is 0.266 e. The van der Waals surface area contributed by atoms with Crippen LogP contribution in [0.15, 0.2) is 66.3 Å². The highest BCUT2D eigenvalue weighted by atomic mass is 19.3. The summed E-state index contributed by atoms with van der Waals surface area (Å²) in [5, 5.41) is 14.5. The molecular formula is C30H36F3N3O2. The maximum atomic E-state index is 14.8. The Morgan fingerprint density at radius 1 is 1.21 bits per heavy atom. The first-order valence-electron chi connectivity index (χ1n) is 13.1. The molecule has 3 atom stereocenters. The van der Waals surface area contributed by atoms with Crippen molar-refractivity contribution in [1.29, 1.82) is 0 Å². The molecule has 2 aromatic carbocycles. The highest BCUT2D eigenvalue weighted by Gasteiger charge is 2.41. The summed E-state index contributed by atoms with van der Waals surface area (Å²) in [6.07, 6.45) is 5.78. The van der Waals surface area contributed by atoms with Gasteiger partial charge in [-0.3, -0.25) is 4.79 Å². The van der Waals surface area contributed by atoms with E-state index in [2.05, 4.69) is 5.32 Å². The molecule has 1 unspecified atom stereocenters. The van der Waals surface area contributed by atoms with E-state index in [1.54, 1.807) is 53.1 Å². The summed E-state index contributed by atoms with van der Waals surface area (Å²) >= 11 is 0. The van der Waals surface area contributed by atoms with Gasteiger partial charge in [-0.25, -0.2) is 13.2 Å². The molecule has 8 heteroatoms. The zero-order valence-corrected chi connectivity index (χ0v) is 22.1.